The minimum Gasteiger partial charge on any atom is -0.358 e. The van der Waals surface area contributed by atoms with Crippen molar-refractivity contribution in [2.75, 3.05) is 31.6 Å². The van der Waals surface area contributed by atoms with E-state index in [1.54, 1.807) is 11.9 Å². The number of ketones is 1. The molecule has 0 bridgehead atoms. The maximum absolute atomic E-state index is 12.0. The van der Waals surface area contributed by atoms with Crippen LogP contribution < -0.4 is 10.6 Å². The first-order valence-corrected chi connectivity index (χ1v) is 17.9. The number of carbonyl (C=O) groups is 4. The van der Waals surface area contributed by atoms with E-state index in [2.05, 4.69) is 10.6 Å². The summed E-state index contributed by atoms with van der Waals surface area (Å²) in [5.74, 6) is 0.192. The number of nitrogens with one attached hydrogen (secondary N) is 2. The summed E-state index contributed by atoms with van der Waals surface area (Å²) in [6, 6.07) is -0.355. The van der Waals surface area contributed by atoms with Gasteiger partial charge < -0.3 is 15.5 Å². The molecule has 1 saturated heterocycles. The molecule has 1 unspecified atom stereocenters. The molecule has 2 N–H and O–H groups in total. The topological polar surface area (TPSA) is 95.6 Å². The van der Waals surface area contributed by atoms with Gasteiger partial charge in [-0.05, 0) is 13.3 Å². The third kappa shape index (κ3) is 19.3. The Hall–Kier alpha value is -1.57. The van der Waals surface area contributed by atoms with Crippen LogP contribution >= 0.6 is 11.8 Å². The van der Waals surface area contributed by atoms with Crippen LogP contribution in [0.2, 0.25) is 0 Å². The van der Waals surface area contributed by atoms with E-state index >= 15 is 0 Å². The van der Waals surface area contributed by atoms with Crippen LogP contribution in [-0.4, -0.2) is 66.1 Å². The lowest BCUT2D eigenvalue weighted by Gasteiger charge is -2.25. The van der Waals surface area contributed by atoms with Gasteiger partial charge in [0.25, 0.3) is 0 Å². The summed E-state index contributed by atoms with van der Waals surface area (Å²) >= 11 is 1.24. The summed E-state index contributed by atoms with van der Waals surface area (Å²) in [5.41, 5.74) is 0. The van der Waals surface area contributed by atoms with Gasteiger partial charge in [-0.3, -0.25) is 19.2 Å². The Balaban J connectivity index is 0.000000422. The molecule has 7 nitrogen and oxygen atoms in total. The van der Waals surface area contributed by atoms with Crippen LogP contribution in [-0.2, 0) is 19.2 Å². The first kappa shape index (κ1) is 37.5. The zero-order valence-corrected chi connectivity index (χ0v) is 27.4. The van der Waals surface area contributed by atoms with Crippen molar-refractivity contribution in [3.05, 3.63) is 0 Å². The van der Waals surface area contributed by atoms with Gasteiger partial charge in [-0.2, -0.15) is 0 Å². The molecule has 1 aliphatic carbocycles. The van der Waals surface area contributed by atoms with Crippen molar-refractivity contribution >= 4 is 35.3 Å². The monoisotopic (exact) mass is 595 g/mol. The molecule has 1 aliphatic heterocycles. The summed E-state index contributed by atoms with van der Waals surface area (Å²) in [6.07, 6.45) is 28.0. The largest absolute Gasteiger partial charge is 0.358 e. The molecule has 8 heteroatoms. The van der Waals surface area contributed by atoms with Gasteiger partial charge in [0.2, 0.25) is 17.7 Å². The average Bonchev–Trinajstić information content (AvgIpc) is 3.32. The van der Waals surface area contributed by atoms with E-state index in [0.29, 0.717) is 25.9 Å². The Labute approximate surface area is 255 Å². The van der Waals surface area contributed by atoms with Gasteiger partial charge in [0.05, 0.1) is 17.5 Å². The van der Waals surface area contributed by atoms with Crippen molar-refractivity contribution in [2.45, 2.75) is 148 Å². The highest BCUT2D eigenvalue weighted by molar-refractivity contribution is 8.00. The highest BCUT2D eigenvalue weighted by atomic mass is 32.2. The quantitative estimate of drug-likeness (QED) is 0.305. The van der Waals surface area contributed by atoms with E-state index < -0.39 is 0 Å². The second-order valence-corrected chi connectivity index (χ2v) is 13.0. The molecule has 3 amide bonds. The SMILES string of the molecule is C1CCCCCCCCCCCCCCCCC1.CC[C@H](C(C)=O)N1CC(CNC(=O)CSCC(=O)NC)CC1=O. The normalized spacial score (nSPS) is 21.0. The minimum absolute atomic E-state index is 0.00358. The van der Waals surface area contributed by atoms with Crippen LogP contribution in [0.15, 0.2) is 0 Å². The van der Waals surface area contributed by atoms with Crippen molar-refractivity contribution in [1.82, 2.24) is 15.5 Å². The Morgan fingerprint density at radius 2 is 1.15 bits per heavy atom. The molecule has 0 aromatic rings. The third-order valence-electron chi connectivity index (χ3n) is 8.30. The van der Waals surface area contributed by atoms with Gasteiger partial charge in [-0.15, -0.1) is 11.8 Å². The van der Waals surface area contributed by atoms with Gasteiger partial charge in [-0.25, -0.2) is 0 Å². The fraction of sp³-hybridized carbons (Fsp3) is 0.879. The summed E-state index contributed by atoms with van der Waals surface area (Å²) in [5, 5.41) is 5.28. The van der Waals surface area contributed by atoms with Gasteiger partial charge >= 0.3 is 0 Å². The van der Waals surface area contributed by atoms with Gasteiger partial charge in [0, 0.05) is 32.5 Å². The van der Waals surface area contributed by atoms with Crippen LogP contribution in [0.1, 0.15) is 142 Å². The lowest BCUT2D eigenvalue weighted by molar-refractivity contribution is -0.135. The molecule has 238 valence electrons. The molecular weight excluding hydrogens is 534 g/mol. The Morgan fingerprint density at radius 1 is 0.756 bits per heavy atom. The van der Waals surface area contributed by atoms with E-state index in [1.165, 1.54) is 134 Å². The Kier molecular flexibility index (Phi) is 22.8. The number of carbonyl (C=O) groups excluding carboxylic acids is 4. The van der Waals surface area contributed by atoms with Crippen LogP contribution in [0.25, 0.3) is 0 Å². The highest BCUT2D eigenvalue weighted by Gasteiger charge is 2.35. The zero-order chi connectivity index (χ0) is 30.1. The molecule has 0 radical (unpaired) electrons. The molecule has 2 aliphatic rings. The molecule has 0 aromatic carbocycles. The van der Waals surface area contributed by atoms with E-state index in [0.717, 1.165) is 0 Å². The van der Waals surface area contributed by atoms with Crippen molar-refractivity contribution in [3.8, 4) is 0 Å². The maximum atomic E-state index is 12.0. The van der Waals surface area contributed by atoms with Crippen molar-refractivity contribution in [3.63, 3.8) is 0 Å². The van der Waals surface area contributed by atoms with Gasteiger partial charge in [0.1, 0.15) is 0 Å². The fourth-order valence-corrected chi connectivity index (χ4v) is 6.49. The smallest absolute Gasteiger partial charge is 0.230 e. The summed E-state index contributed by atoms with van der Waals surface area (Å²) in [7, 11) is 1.55. The van der Waals surface area contributed by atoms with Gasteiger partial charge in [0.15, 0.2) is 5.78 Å². The van der Waals surface area contributed by atoms with Crippen LogP contribution in [0.5, 0.6) is 0 Å². The number of hydrogen-bond donors (Lipinski definition) is 2. The molecule has 2 atom stereocenters. The second kappa shape index (κ2) is 25.0. The van der Waals surface area contributed by atoms with Crippen molar-refractivity contribution in [2.24, 2.45) is 5.92 Å². The fourth-order valence-electron chi connectivity index (χ4n) is 5.77. The summed E-state index contributed by atoms with van der Waals surface area (Å²) in [6.45, 7) is 4.30. The number of nitrogens with zero attached hydrogens (tertiary/aromatic N) is 1. The molecule has 2 rings (SSSR count). The average molecular weight is 596 g/mol. The summed E-state index contributed by atoms with van der Waals surface area (Å²) < 4.78 is 0. The van der Waals surface area contributed by atoms with E-state index in [1.807, 2.05) is 6.92 Å². The van der Waals surface area contributed by atoms with Gasteiger partial charge in [-0.1, -0.05) is 122 Å². The van der Waals surface area contributed by atoms with Crippen molar-refractivity contribution in [1.29, 1.82) is 0 Å². The molecule has 0 spiro atoms. The standard InChI is InChI=1S/C18H36.C15H25N3O4S/c1-2-4-6-8-10-12-14-16-18-17-15-13-11-9-7-5-3-1;1-4-12(10(2)19)18-7-11(5-15(18)22)6-17-14(21)9-23-8-13(20)16-3/h1-18H2;11-12H,4-9H2,1-3H3,(H,16,20)(H,17,21)/t;11?,12-/m.1/s1. The number of Topliss-reactive ketones (excluding diaryl/α,β-unsaturated/α-hetero) is 1. The zero-order valence-electron chi connectivity index (χ0n) is 26.6. The first-order valence-electron chi connectivity index (χ1n) is 16.7. The molecule has 0 aromatic heterocycles. The Bertz CT molecular complexity index is 658. The van der Waals surface area contributed by atoms with E-state index in [-0.39, 0.29) is 47.0 Å². The lowest BCUT2D eigenvalue weighted by Crippen LogP contribution is -2.41. The molecular formula is C33H61N3O4S. The second-order valence-electron chi connectivity index (χ2n) is 12.0. The maximum Gasteiger partial charge on any atom is 0.230 e. The van der Waals surface area contributed by atoms with E-state index in [9.17, 15) is 19.2 Å². The number of hydrogen-bond acceptors (Lipinski definition) is 5. The van der Waals surface area contributed by atoms with Crippen LogP contribution in [0.3, 0.4) is 0 Å². The van der Waals surface area contributed by atoms with Crippen molar-refractivity contribution < 1.29 is 19.2 Å². The molecule has 41 heavy (non-hydrogen) atoms. The minimum atomic E-state index is -0.355. The number of likely N-dealkylation sites (tertiary alicyclic amines) is 1. The predicted octanol–water partition coefficient (Wildman–Crippen LogP) is 6.82. The first-order chi connectivity index (χ1) is 19.9. The highest BCUT2D eigenvalue weighted by Crippen LogP contribution is 2.22. The number of rotatable bonds is 9. The Morgan fingerprint density at radius 3 is 1.49 bits per heavy atom. The van der Waals surface area contributed by atoms with E-state index in [4.69, 9.17) is 0 Å². The number of thioether (sulfide) groups is 1. The third-order valence-corrected chi connectivity index (χ3v) is 9.24. The molecule has 1 heterocycles. The van der Waals surface area contributed by atoms with Crippen LogP contribution in [0, 0.1) is 5.92 Å². The number of amides is 3. The predicted molar refractivity (Wildman–Crippen MR) is 172 cm³/mol. The van der Waals surface area contributed by atoms with Crippen LogP contribution in [0.4, 0.5) is 0 Å². The summed E-state index contributed by atoms with van der Waals surface area (Å²) in [4.78, 5) is 48.0. The lowest BCUT2D eigenvalue weighted by atomic mass is 10.0. The molecule has 2 fully saturated rings. The molecule has 1 saturated carbocycles.